The zero-order chi connectivity index (χ0) is 14.7. The maximum absolute atomic E-state index is 11.2. The van der Waals surface area contributed by atoms with Gasteiger partial charge in [-0.25, -0.2) is 4.98 Å². The predicted molar refractivity (Wildman–Crippen MR) is 84.1 cm³/mol. The van der Waals surface area contributed by atoms with Gasteiger partial charge in [-0.05, 0) is 24.8 Å². The molecule has 1 aromatic carbocycles. The van der Waals surface area contributed by atoms with Crippen LogP contribution in [-0.2, 0) is 13.5 Å². The minimum absolute atomic E-state index is 0.257. The van der Waals surface area contributed by atoms with E-state index in [-0.39, 0.29) is 5.92 Å². The molecule has 0 aliphatic heterocycles. The Morgan fingerprint density at radius 3 is 2.81 bits per heavy atom. The average molecular weight is 284 g/mol. The van der Waals surface area contributed by atoms with Crippen molar-refractivity contribution in [3.05, 3.63) is 54.1 Å². The molecule has 0 amide bonds. The molecule has 1 aromatic heterocycles. The van der Waals surface area contributed by atoms with Gasteiger partial charge < -0.3 is 9.67 Å². The standard InChI is InChI=1S/C18H24N2O/c1-20-14-13-19-17(20)10-12-18(21)11-6-5-9-16(18)15-7-3-2-4-8-15/h2-4,7-8,13-14,16,21H,5-6,9-12H2,1H3. The highest BCUT2D eigenvalue weighted by Crippen LogP contribution is 2.43. The third kappa shape index (κ3) is 3.03. The van der Waals surface area contributed by atoms with E-state index in [4.69, 9.17) is 0 Å². The summed E-state index contributed by atoms with van der Waals surface area (Å²) in [5.41, 5.74) is 0.686. The van der Waals surface area contributed by atoms with Crippen molar-refractivity contribution in [2.45, 2.75) is 50.0 Å². The molecule has 1 saturated carbocycles. The van der Waals surface area contributed by atoms with Crippen molar-refractivity contribution in [3.8, 4) is 0 Å². The normalized spacial score (nSPS) is 25.9. The number of benzene rings is 1. The second-order valence-corrected chi connectivity index (χ2v) is 6.27. The molecule has 0 bridgehead atoms. The largest absolute Gasteiger partial charge is 0.389 e. The smallest absolute Gasteiger partial charge is 0.108 e. The van der Waals surface area contributed by atoms with E-state index >= 15 is 0 Å². The van der Waals surface area contributed by atoms with Gasteiger partial charge in [-0.15, -0.1) is 0 Å². The Morgan fingerprint density at radius 1 is 1.29 bits per heavy atom. The fraction of sp³-hybridized carbons (Fsp3) is 0.500. The Hall–Kier alpha value is -1.61. The summed E-state index contributed by atoms with van der Waals surface area (Å²) in [4.78, 5) is 4.38. The van der Waals surface area contributed by atoms with Gasteiger partial charge in [-0.1, -0.05) is 43.2 Å². The molecule has 2 aromatic rings. The molecule has 1 aliphatic rings. The van der Waals surface area contributed by atoms with Gasteiger partial charge >= 0.3 is 0 Å². The lowest BCUT2D eigenvalue weighted by atomic mass is 9.70. The Morgan fingerprint density at radius 2 is 2.10 bits per heavy atom. The van der Waals surface area contributed by atoms with E-state index in [2.05, 4.69) is 29.2 Å². The molecule has 0 spiro atoms. The second kappa shape index (κ2) is 6.02. The van der Waals surface area contributed by atoms with E-state index in [9.17, 15) is 5.11 Å². The van der Waals surface area contributed by atoms with Gasteiger partial charge in [0.1, 0.15) is 5.82 Å². The number of rotatable bonds is 4. The summed E-state index contributed by atoms with van der Waals surface area (Å²) >= 11 is 0. The summed E-state index contributed by atoms with van der Waals surface area (Å²) in [6.45, 7) is 0. The molecule has 3 rings (SSSR count). The Labute approximate surface area is 126 Å². The summed E-state index contributed by atoms with van der Waals surface area (Å²) in [6, 6.07) is 10.5. The molecule has 2 unspecified atom stereocenters. The molecule has 2 atom stereocenters. The van der Waals surface area contributed by atoms with E-state index in [1.165, 1.54) is 12.0 Å². The maximum Gasteiger partial charge on any atom is 0.108 e. The third-order valence-electron chi connectivity index (χ3n) is 4.91. The average Bonchev–Trinajstić information content (AvgIpc) is 2.92. The molecule has 21 heavy (non-hydrogen) atoms. The van der Waals surface area contributed by atoms with Crippen molar-refractivity contribution in [1.82, 2.24) is 9.55 Å². The molecule has 0 saturated heterocycles. The van der Waals surface area contributed by atoms with Crippen molar-refractivity contribution in [2.75, 3.05) is 0 Å². The van der Waals surface area contributed by atoms with Gasteiger partial charge in [-0.2, -0.15) is 0 Å². The van der Waals surface area contributed by atoms with E-state index in [1.54, 1.807) is 0 Å². The van der Waals surface area contributed by atoms with Crippen LogP contribution in [0, 0.1) is 0 Å². The SMILES string of the molecule is Cn1ccnc1CCC1(O)CCCCC1c1ccccc1. The van der Waals surface area contributed by atoms with Crippen molar-refractivity contribution in [3.63, 3.8) is 0 Å². The van der Waals surface area contributed by atoms with Crippen LogP contribution < -0.4 is 0 Å². The first-order chi connectivity index (χ1) is 10.2. The molecular weight excluding hydrogens is 260 g/mol. The molecule has 1 aliphatic carbocycles. The first-order valence-corrected chi connectivity index (χ1v) is 7.92. The van der Waals surface area contributed by atoms with Gasteiger partial charge in [0.15, 0.2) is 0 Å². The zero-order valence-electron chi connectivity index (χ0n) is 12.7. The van der Waals surface area contributed by atoms with E-state index in [1.807, 2.05) is 30.1 Å². The van der Waals surface area contributed by atoms with Crippen LogP contribution in [0.4, 0.5) is 0 Å². The highest BCUT2D eigenvalue weighted by Gasteiger charge is 2.39. The second-order valence-electron chi connectivity index (χ2n) is 6.27. The third-order valence-corrected chi connectivity index (χ3v) is 4.91. The topological polar surface area (TPSA) is 38.0 Å². The van der Waals surface area contributed by atoms with Gasteiger partial charge in [-0.3, -0.25) is 0 Å². The zero-order valence-corrected chi connectivity index (χ0v) is 12.7. The molecule has 3 heteroatoms. The fourth-order valence-electron chi connectivity index (χ4n) is 3.65. The summed E-state index contributed by atoms with van der Waals surface area (Å²) in [5.74, 6) is 1.31. The Bertz CT molecular complexity index is 578. The van der Waals surface area contributed by atoms with Crippen LogP contribution in [0.3, 0.4) is 0 Å². The minimum atomic E-state index is -0.592. The van der Waals surface area contributed by atoms with Gasteiger partial charge in [0.2, 0.25) is 0 Å². The number of nitrogens with zero attached hydrogens (tertiary/aromatic N) is 2. The lowest BCUT2D eigenvalue weighted by Gasteiger charge is -2.40. The molecule has 112 valence electrons. The van der Waals surface area contributed by atoms with Crippen molar-refractivity contribution >= 4 is 0 Å². The number of hydrogen-bond donors (Lipinski definition) is 1. The van der Waals surface area contributed by atoms with Gasteiger partial charge in [0, 0.05) is 31.8 Å². The van der Waals surface area contributed by atoms with Crippen LogP contribution in [0.1, 0.15) is 49.4 Å². The van der Waals surface area contributed by atoms with Crippen LogP contribution in [0.25, 0.3) is 0 Å². The highest BCUT2D eigenvalue weighted by atomic mass is 16.3. The number of imidazole rings is 1. The van der Waals surface area contributed by atoms with Crippen LogP contribution >= 0.6 is 0 Å². The summed E-state index contributed by atoms with van der Waals surface area (Å²) in [6.07, 6.45) is 9.74. The van der Waals surface area contributed by atoms with Crippen LogP contribution in [0.15, 0.2) is 42.7 Å². The molecule has 0 radical (unpaired) electrons. The lowest BCUT2D eigenvalue weighted by molar-refractivity contribution is -0.0246. The van der Waals surface area contributed by atoms with Gasteiger partial charge in [0.25, 0.3) is 0 Å². The maximum atomic E-state index is 11.2. The molecular formula is C18H24N2O. The monoisotopic (exact) mass is 284 g/mol. The number of aliphatic hydroxyl groups is 1. The summed E-state index contributed by atoms with van der Waals surface area (Å²) in [7, 11) is 2.02. The van der Waals surface area contributed by atoms with Crippen LogP contribution in [0.2, 0.25) is 0 Å². The number of aromatic nitrogens is 2. The minimum Gasteiger partial charge on any atom is -0.389 e. The Balaban J connectivity index is 1.77. The van der Waals surface area contributed by atoms with Crippen LogP contribution in [0.5, 0.6) is 0 Å². The molecule has 1 heterocycles. The number of aryl methyl sites for hydroxylation is 2. The first-order valence-electron chi connectivity index (χ1n) is 7.92. The predicted octanol–water partition coefficient (Wildman–Crippen LogP) is 3.44. The first kappa shape index (κ1) is 14.3. The highest BCUT2D eigenvalue weighted by molar-refractivity contribution is 5.24. The molecule has 1 fully saturated rings. The van der Waals surface area contributed by atoms with Crippen molar-refractivity contribution in [2.24, 2.45) is 7.05 Å². The van der Waals surface area contributed by atoms with E-state index < -0.39 is 5.60 Å². The lowest BCUT2D eigenvalue weighted by Crippen LogP contribution is -2.39. The Kier molecular flexibility index (Phi) is 4.11. The summed E-state index contributed by atoms with van der Waals surface area (Å²) in [5, 5.41) is 11.2. The molecule has 3 nitrogen and oxygen atoms in total. The van der Waals surface area contributed by atoms with Crippen LogP contribution in [-0.4, -0.2) is 20.3 Å². The van der Waals surface area contributed by atoms with Crippen molar-refractivity contribution < 1.29 is 5.11 Å². The van der Waals surface area contributed by atoms with Crippen molar-refractivity contribution in [1.29, 1.82) is 0 Å². The number of hydrogen-bond acceptors (Lipinski definition) is 2. The quantitative estimate of drug-likeness (QED) is 0.934. The summed E-state index contributed by atoms with van der Waals surface area (Å²) < 4.78 is 2.05. The molecule has 1 N–H and O–H groups in total. The van der Waals surface area contributed by atoms with E-state index in [0.29, 0.717) is 0 Å². The van der Waals surface area contributed by atoms with Gasteiger partial charge in [0.05, 0.1) is 5.60 Å². The van der Waals surface area contributed by atoms with E-state index in [0.717, 1.165) is 37.9 Å². The fourth-order valence-corrected chi connectivity index (χ4v) is 3.65.